The van der Waals surface area contributed by atoms with Gasteiger partial charge >= 0.3 is 5.97 Å². The molecule has 1 aromatic carbocycles. The quantitative estimate of drug-likeness (QED) is 0.887. The van der Waals surface area contributed by atoms with Crippen molar-refractivity contribution in [1.29, 1.82) is 0 Å². The van der Waals surface area contributed by atoms with Crippen molar-refractivity contribution in [2.24, 2.45) is 0 Å². The average Bonchev–Trinajstić information content (AvgIpc) is 2.45. The largest absolute Gasteiger partial charge is 0.481 e. The summed E-state index contributed by atoms with van der Waals surface area (Å²) >= 11 is 1.29. The number of carboxylic acids is 1. The van der Waals surface area contributed by atoms with Crippen LogP contribution in [0.3, 0.4) is 0 Å². The van der Waals surface area contributed by atoms with Crippen molar-refractivity contribution in [2.45, 2.75) is 36.2 Å². The number of hydrogen-bond donors (Lipinski definition) is 1. The first-order chi connectivity index (χ1) is 10.1. The van der Waals surface area contributed by atoms with Crippen molar-refractivity contribution in [2.75, 3.05) is 0 Å². The predicted octanol–water partition coefficient (Wildman–Crippen LogP) is 2.43. The predicted molar refractivity (Wildman–Crippen MR) is 80.7 cm³/mol. The molecule has 2 aromatic rings. The number of hydrogen-bond acceptors (Lipinski definition) is 4. The first-order valence-electron chi connectivity index (χ1n) is 6.64. The van der Waals surface area contributed by atoms with Gasteiger partial charge < -0.3 is 9.67 Å². The SMILES string of the molecule is CCCn1ccnc(Sc2ccc(CC(=O)O)cc2)c1=O. The molecular formula is C15H16N2O3S. The molecule has 5 nitrogen and oxygen atoms in total. The van der Waals surface area contributed by atoms with Crippen molar-refractivity contribution in [3.63, 3.8) is 0 Å². The van der Waals surface area contributed by atoms with E-state index in [4.69, 9.17) is 5.11 Å². The number of nitrogens with zero attached hydrogens (tertiary/aromatic N) is 2. The van der Waals surface area contributed by atoms with Crippen LogP contribution in [0.5, 0.6) is 0 Å². The molecule has 21 heavy (non-hydrogen) atoms. The Balaban J connectivity index is 2.16. The van der Waals surface area contributed by atoms with E-state index in [2.05, 4.69) is 4.98 Å². The van der Waals surface area contributed by atoms with Gasteiger partial charge in [-0.25, -0.2) is 4.98 Å². The fourth-order valence-electron chi connectivity index (χ4n) is 1.88. The summed E-state index contributed by atoms with van der Waals surface area (Å²) in [4.78, 5) is 27.8. The highest BCUT2D eigenvalue weighted by Gasteiger charge is 2.07. The molecule has 1 aromatic heterocycles. The maximum absolute atomic E-state index is 12.2. The molecule has 0 saturated carbocycles. The van der Waals surface area contributed by atoms with Gasteiger partial charge in [0.15, 0.2) is 5.03 Å². The lowest BCUT2D eigenvalue weighted by atomic mass is 10.2. The zero-order valence-electron chi connectivity index (χ0n) is 11.7. The molecule has 0 saturated heterocycles. The number of carbonyl (C=O) groups is 1. The monoisotopic (exact) mass is 304 g/mol. The lowest BCUT2D eigenvalue weighted by Gasteiger charge is -2.06. The molecule has 0 aliphatic heterocycles. The number of aromatic nitrogens is 2. The second-order valence-corrected chi connectivity index (χ2v) is 5.61. The van der Waals surface area contributed by atoms with E-state index in [0.29, 0.717) is 11.6 Å². The molecule has 1 heterocycles. The molecule has 0 unspecified atom stereocenters. The van der Waals surface area contributed by atoms with Gasteiger partial charge in [-0.1, -0.05) is 30.8 Å². The van der Waals surface area contributed by atoms with Gasteiger partial charge in [-0.15, -0.1) is 0 Å². The Bertz CT molecular complexity index is 680. The van der Waals surface area contributed by atoms with Gasteiger partial charge in [0.05, 0.1) is 6.42 Å². The first-order valence-corrected chi connectivity index (χ1v) is 7.46. The highest BCUT2D eigenvalue weighted by molar-refractivity contribution is 7.99. The molecular weight excluding hydrogens is 288 g/mol. The minimum Gasteiger partial charge on any atom is -0.481 e. The van der Waals surface area contributed by atoms with Crippen molar-refractivity contribution >= 4 is 17.7 Å². The molecule has 0 spiro atoms. The second-order valence-electron chi connectivity index (χ2n) is 4.55. The third kappa shape index (κ3) is 4.19. The molecule has 0 amide bonds. The average molecular weight is 304 g/mol. The van der Waals surface area contributed by atoms with E-state index in [0.717, 1.165) is 16.9 Å². The Morgan fingerprint density at radius 3 is 2.67 bits per heavy atom. The summed E-state index contributed by atoms with van der Waals surface area (Å²) < 4.78 is 1.65. The highest BCUT2D eigenvalue weighted by Crippen LogP contribution is 2.23. The van der Waals surface area contributed by atoms with E-state index in [1.807, 2.05) is 6.92 Å². The molecule has 110 valence electrons. The van der Waals surface area contributed by atoms with Crippen LogP contribution in [-0.4, -0.2) is 20.6 Å². The Morgan fingerprint density at radius 1 is 1.33 bits per heavy atom. The normalized spacial score (nSPS) is 10.5. The minimum absolute atomic E-state index is 0.00214. The standard InChI is InChI=1S/C15H16N2O3S/c1-2-8-17-9-7-16-14(15(17)20)21-12-5-3-11(4-6-12)10-13(18)19/h3-7,9H,2,8,10H2,1H3,(H,18,19). The fraction of sp³-hybridized carbons (Fsp3) is 0.267. The minimum atomic E-state index is -0.859. The molecule has 0 aliphatic carbocycles. The number of rotatable bonds is 6. The van der Waals surface area contributed by atoms with Crippen LogP contribution in [0.4, 0.5) is 0 Å². The van der Waals surface area contributed by atoms with Crippen LogP contribution in [0.25, 0.3) is 0 Å². The number of aryl methyl sites for hydroxylation is 1. The molecule has 0 aliphatic rings. The number of benzene rings is 1. The van der Waals surface area contributed by atoms with Crippen molar-refractivity contribution in [3.05, 3.63) is 52.6 Å². The van der Waals surface area contributed by atoms with E-state index in [-0.39, 0.29) is 12.0 Å². The van der Waals surface area contributed by atoms with Gasteiger partial charge in [0.1, 0.15) is 0 Å². The maximum Gasteiger partial charge on any atom is 0.307 e. The van der Waals surface area contributed by atoms with Gasteiger partial charge in [-0.3, -0.25) is 9.59 Å². The summed E-state index contributed by atoms with van der Waals surface area (Å²) in [6.45, 7) is 2.69. The summed E-state index contributed by atoms with van der Waals surface area (Å²) in [6.07, 6.45) is 4.19. The lowest BCUT2D eigenvalue weighted by Crippen LogP contribution is -2.21. The van der Waals surface area contributed by atoms with Gasteiger partial charge in [-0.05, 0) is 24.1 Å². The smallest absolute Gasteiger partial charge is 0.307 e. The Labute approximate surface area is 126 Å². The number of aliphatic carboxylic acids is 1. The van der Waals surface area contributed by atoms with Crippen LogP contribution in [-0.2, 0) is 17.8 Å². The van der Waals surface area contributed by atoms with Crippen LogP contribution in [0.1, 0.15) is 18.9 Å². The summed E-state index contributed by atoms with van der Waals surface area (Å²) in [5.74, 6) is -0.859. The summed E-state index contributed by atoms with van der Waals surface area (Å²) in [6, 6.07) is 7.12. The zero-order chi connectivity index (χ0) is 15.2. The Hall–Kier alpha value is -2.08. The van der Waals surface area contributed by atoms with Gasteiger partial charge in [0.25, 0.3) is 5.56 Å². The summed E-state index contributed by atoms with van der Waals surface area (Å²) in [7, 11) is 0. The van der Waals surface area contributed by atoms with E-state index < -0.39 is 5.97 Å². The molecule has 1 N–H and O–H groups in total. The van der Waals surface area contributed by atoms with Crippen LogP contribution in [0, 0.1) is 0 Å². The Morgan fingerprint density at radius 2 is 2.05 bits per heavy atom. The first kappa shape index (κ1) is 15.3. The third-order valence-corrected chi connectivity index (χ3v) is 3.82. The molecule has 0 radical (unpaired) electrons. The van der Waals surface area contributed by atoms with Crippen molar-refractivity contribution in [3.8, 4) is 0 Å². The molecule has 0 atom stereocenters. The topological polar surface area (TPSA) is 72.2 Å². The van der Waals surface area contributed by atoms with Crippen LogP contribution in [0.2, 0.25) is 0 Å². The zero-order valence-corrected chi connectivity index (χ0v) is 12.5. The van der Waals surface area contributed by atoms with Crippen LogP contribution in [0.15, 0.2) is 51.4 Å². The Kier molecular flexibility index (Phi) is 5.16. The van der Waals surface area contributed by atoms with Gasteiger partial charge in [0.2, 0.25) is 0 Å². The summed E-state index contributed by atoms with van der Waals surface area (Å²) in [5, 5.41) is 9.16. The number of carboxylic acid groups (broad SMARTS) is 1. The van der Waals surface area contributed by atoms with E-state index in [9.17, 15) is 9.59 Å². The van der Waals surface area contributed by atoms with Crippen LogP contribution >= 0.6 is 11.8 Å². The molecule has 0 bridgehead atoms. The van der Waals surface area contributed by atoms with Crippen molar-refractivity contribution < 1.29 is 9.90 Å². The third-order valence-electron chi connectivity index (χ3n) is 2.84. The van der Waals surface area contributed by atoms with Gasteiger partial charge in [-0.2, -0.15) is 0 Å². The van der Waals surface area contributed by atoms with Crippen LogP contribution < -0.4 is 5.56 Å². The van der Waals surface area contributed by atoms with Gasteiger partial charge in [0, 0.05) is 23.8 Å². The fourth-order valence-corrected chi connectivity index (χ4v) is 2.69. The molecule has 0 fully saturated rings. The lowest BCUT2D eigenvalue weighted by molar-refractivity contribution is -0.136. The second kappa shape index (κ2) is 7.08. The van der Waals surface area contributed by atoms with E-state index >= 15 is 0 Å². The highest BCUT2D eigenvalue weighted by atomic mass is 32.2. The summed E-state index contributed by atoms with van der Waals surface area (Å²) in [5.41, 5.74) is 0.634. The molecule has 2 rings (SSSR count). The van der Waals surface area contributed by atoms with E-state index in [1.165, 1.54) is 11.8 Å². The van der Waals surface area contributed by atoms with Crippen molar-refractivity contribution in [1.82, 2.24) is 9.55 Å². The van der Waals surface area contributed by atoms with E-state index in [1.54, 1.807) is 41.2 Å². The molecule has 6 heteroatoms. The maximum atomic E-state index is 12.2.